The number of benzene rings is 2. The Balaban J connectivity index is 1.70. The first-order valence-corrected chi connectivity index (χ1v) is 11.1. The number of ether oxygens (including phenoxy) is 1. The van der Waals surface area contributed by atoms with Gasteiger partial charge in [0, 0.05) is 15.5 Å². The Kier molecular flexibility index (Phi) is 7.82. The second-order valence-electron chi connectivity index (χ2n) is 6.83. The van der Waals surface area contributed by atoms with Gasteiger partial charge in [-0.1, -0.05) is 49.2 Å². The molecule has 0 atom stereocenters. The van der Waals surface area contributed by atoms with Gasteiger partial charge >= 0.3 is 0 Å². The van der Waals surface area contributed by atoms with Gasteiger partial charge in [-0.2, -0.15) is 5.26 Å². The van der Waals surface area contributed by atoms with Crippen LogP contribution in [0.3, 0.4) is 0 Å². The van der Waals surface area contributed by atoms with E-state index in [-0.39, 0.29) is 5.57 Å². The van der Waals surface area contributed by atoms with Crippen LogP contribution in [0.15, 0.2) is 54.1 Å². The fourth-order valence-electron chi connectivity index (χ4n) is 2.80. The van der Waals surface area contributed by atoms with E-state index in [2.05, 4.69) is 17.2 Å². The minimum atomic E-state index is -0.498. The van der Waals surface area contributed by atoms with Crippen LogP contribution in [0.2, 0.25) is 5.02 Å². The van der Waals surface area contributed by atoms with Crippen molar-refractivity contribution in [3.05, 3.63) is 69.6 Å². The van der Waals surface area contributed by atoms with Crippen molar-refractivity contribution in [2.75, 3.05) is 11.9 Å². The number of nitriles is 1. The molecule has 31 heavy (non-hydrogen) atoms. The molecular weight excluding hydrogens is 430 g/mol. The van der Waals surface area contributed by atoms with Crippen molar-refractivity contribution in [3.8, 4) is 23.1 Å². The third-order valence-corrected chi connectivity index (χ3v) is 5.60. The Bertz CT molecular complexity index is 1110. The smallest absolute Gasteiger partial charge is 0.268 e. The number of aromatic nitrogens is 1. The molecule has 0 radical (unpaired) electrons. The number of carbonyl (C=O) groups excluding carboxylic acids is 1. The van der Waals surface area contributed by atoms with E-state index in [1.165, 1.54) is 11.3 Å². The Hall–Kier alpha value is -3.14. The van der Waals surface area contributed by atoms with Gasteiger partial charge in [0.25, 0.3) is 5.91 Å². The van der Waals surface area contributed by atoms with Crippen LogP contribution in [0, 0.1) is 18.3 Å². The standard InChI is InChI=1S/C24H22ClN3O2S/c1-3-4-13-30-21-11-5-17(6-12-21)14-19(15-26)23(29)28-24-27-22(16(2)31-24)18-7-9-20(25)10-8-18/h5-12,14H,3-4,13H2,1-2H3,(H,27,28,29). The van der Waals surface area contributed by atoms with Gasteiger partial charge in [-0.25, -0.2) is 4.98 Å². The molecule has 7 heteroatoms. The molecule has 5 nitrogen and oxygen atoms in total. The summed E-state index contributed by atoms with van der Waals surface area (Å²) >= 11 is 7.31. The van der Waals surface area contributed by atoms with Gasteiger partial charge in [-0.3, -0.25) is 10.1 Å². The molecule has 0 saturated heterocycles. The van der Waals surface area contributed by atoms with E-state index in [0.717, 1.165) is 40.3 Å². The molecule has 0 fully saturated rings. The number of carbonyl (C=O) groups is 1. The lowest BCUT2D eigenvalue weighted by Gasteiger charge is -2.05. The number of halogens is 1. The maximum atomic E-state index is 12.6. The van der Waals surface area contributed by atoms with E-state index in [1.807, 2.05) is 49.4 Å². The summed E-state index contributed by atoms with van der Waals surface area (Å²) in [5.41, 5.74) is 2.43. The maximum Gasteiger partial charge on any atom is 0.268 e. The number of nitrogens with one attached hydrogen (secondary N) is 1. The summed E-state index contributed by atoms with van der Waals surface area (Å²) in [5, 5.41) is 13.3. The maximum absolute atomic E-state index is 12.6. The molecule has 1 heterocycles. The van der Waals surface area contributed by atoms with Crippen molar-refractivity contribution in [2.24, 2.45) is 0 Å². The first kappa shape index (κ1) is 22.5. The van der Waals surface area contributed by atoms with Gasteiger partial charge in [0.1, 0.15) is 17.4 Å². The second kappa shape index (κ2) is 10.8. The third kappa shape index (κ3) is 6.17. The molecule has 3 rings (SSSR count). The van der Waals surface area contributed by atoms with Gasteiger partial charge in [0.05, 0.1) is 12.3 Å². The number of amides is 1. The van der Waals surface area contributed by atoms with E-state index in [4.69, 9.17) is 16.3 Å². The number of anilines is 1. The van der Waals surface area contributed by atoms with Gasteiger partial charge in [0.15, 0.2) is 5.13 Å². The number of aryl methyl sites for hydroxylation is 1. The highest BCUT2D eigenvalue weighted by molar-refractivity contribution is 7.16. The van der Waals surface area contributed by atoms with Crippen LogP contribution >= 0.6 is 22.9 Å². The summed E-state index contributed by atoms with van der Waals surface area (Å²) in [6.07, 6.45) is 3.61. The summed E-state index contributed by atoms with van der Waals surface area (Å²) in [5.74, 6) is 0.267. The van der Waals surface area contributed by atoms with Crippen LogP contribution < -0.4 is 10.1 Å². The fraction of sp³-hybridized carbons (Fsp3) is 0.208. The van der Waals surface area contributed by atoms with Gasteiger partial charge in [0.2, 0.25) is 0 Å². The minimum absolute atomic E-state index is 0.000507. The molecular formula is C24H22ClN3O2S. The van der Waals surface area contributed by atoms with Crippen LogP contribution in [0.1, 0.15) is 30.2 Å². The number of hydrogen-bond donors (Lipinski definition) is 1. The SMILES string of the molecule is CCCCOc1ccc(C=C(C#N)C(=O)Nc2nc(-c3ccc(Cl)cc3)c(C)s2)cc1. The number of nitrogens with zero attached hydrogens (tertiary/aromatic N) is 2. The summed E-state index contributed by atoms with van der Waals surface area (Å²) in [7, 11) is 0. The Morgan fingerprint density at radius 3 is 2.58 bits per heavy atom. The van der Waals surface area contributed by atoms with E-state index in [9.17, 15) is 10.1 Å². The highest BCUT2D eigenvalue weighted by Gasteiger charge is 2.15. The van der Waals surface area contributed by atoms with Crippen molar-refractivity contribution in [3.63, 3.8) is 0 Å². The van der Waals surface area contributed by atoms with Crippen LogP contribution in [0.25, 0.3) is 17.3 Å². The lowest BCUT2D eigenvalue weighted by molar-refractivity contribution is -0.112. The monoisotopic (exact) mass is 451 g/mol. The van der Waals surface area contributed by atoms with Crippen LogP contribution in [0.4, 0.5) is 5.13 Å². The first-order chi connectivity index (χ1) is 15.0. The zero-order valence-corrected chi connectivity index (χ0v) is 18.9. The van der Waals surface area contributed by atoms with Crippen molar-refractivity contribution in [1.82, 2.24) is 4.98 Å². The van der Waals surface area contributed by atoms with E-state index >= 15 is 0 Å². The predicted octanol–water partition coefficient (Wildman–Crippen LogP) is 6.50. The molecule has 0 saturated carbocycles. The van der Waals surface area contributed by atoms with E-state index < -0.39 is 5.91 Å². The zero-order valence-electron chi connectivity index (χ0n) is 17.3. The minimum Gasteiger partial charge on any atom is -0.494 e. The third-order valence-electron chi connectivity index (χ3n) is 4.46. The highest BCUT2D eigenvalue weighted by atomic mass is 35.5. The molecule has 2 aromatic carbocycles. The lowest BCUT2D eigenvalue weighted by atomic mass is 10.1. The Morgan fingerprint density at radius 2 is 1.94 bits per heavy atom. The zero-order chi connectivity index (χ0) is 22.2. The summed E-state index contributed by atoms with van der Waals surface area (Å²) < 4.78 is 5.64. The van der Waals surface area contributed by atoms with Gasteiger partial charge in [-0.05, 0) is 49.2 Å². The molecule has 0 aliphatic rings. The van der Waals surface area contributed by atoms with Crippen molar-refractivity contribution >= 4 is 40.1 Å². The average Bonchev–Trinajstić information content (AvgIpc) is 3.13. The van der Waals surface area contributed by atoms with Crippen LogP contribution in [0.5, 0.6) is 5.75 Å². The number of hydrogen-bond acceptors (Lipinski definition) is 5. The lowest BCUT2D eigenvalue weighted by Crippen LogP contribution is -2.13. The van der Waals surface area contributed by atoms with Crippen molar-refractivity contribution < 1.29 is 9.53 Å². The normalized spacial score (nSPS) is 11.1. The van der Waals surface area contributed by atoms with Crippen molar-refractivity contribution in [1.29, 1.82) is 5.26 Å². The molecule has 1 aromatic heterocycles. The summed E-state index contributed by atoms with van der Waals surface area (Å²) in [6, 6.07) is 16.6. The van der Waals surface area contributed by atoms with E-state index in [0.29, 0.717) is 16.8 Å². The molecule has 0 aliphatic heterocycles. The fourth-order valence-corrected chi connectivity index (χ4v) is 3.76. The van der Waals surface area contributed by atoms with Crippen LogP contribution in [-0.4, -0.2) is 17.5 Å². The molecule has 1 N–H and O–H groups in total. The highest BCUT2D eigenvalue weighted by Crippen LogP contribution is 2.31. The largest absolute Gasteiger partial charge is 0.494 e. The Morgan fingerprint density at radius 1 is 1.23 bits per heavy atom. The number of unbranched alkanes of at least 4 members (excludes halogenated alkanes) is 1. The molecule has 0 spiro atoms. The summed E-state index contributed by atoms with van der Waals surface area (Å²) in [4.78, 5) is 18.1. The van der Waals surface area contributed by atoms with Gasteiger partial charge < -0.3 is 4.74 Å². The molecule has 158 valence electrons. The predicted molar refractivity (Wildman–Crippen MR) is 126 cm³/mol. The van der Waals surface area contributed by atoms with E-state index in [1.54, 1.807) is 18.2 Å². The Labute approximate surface area is 191 Å². The topological polar surface area (TPSA) is 75.0 Å². The quantitative estimate of drug-likeness (QED) is 0.241. The number of thiazole rings is 1. The first-order valence-electron chi connectivity index (χ1n) is 9.89. The molecule has 1 amide bonds. The molecule has 0 unspecified atom stereocenters. The molecule has 3 aromatic rings. The average molecular weight is 452 g/mol. The molecule has 0 aliphatic carbocycles. The molecule has 0 bridgehead atoms. The second-order valence-corrected chi connectivity index (χ2v) is 8.47. The van der Waals surface area contributed by atoms with Crippen molar-refractivity contribution in [2.45, 2.75) is 26.7 Å². The van der Waals surface area contributed by atoms with Gasteiger partial charge in [-0.15, -0.1) is 11.3 Å². The van der Waals surface area contributed by atoms with Crippen LogP contribution in [-0.2, 0) is 4.79 Å². The number of rotatable bonds is 8. The summed E-state index contributed by atoms with van der Waals surface area (Å²) in [6.45, 7) is 4.71.